The van der Waals surface area contributed by atoms with Crippen LogP contribution in [-0.2, 0) is 30.4 Å². The van der Waals surface area contributed by atoms with Gasteiger partial charge in [-0.25, -0.2) is 0 Å². The van der Waals surface area contributed by atoms with Gasteiger partial charge in [0, 0.05) is 23.5 Å². The molecule has 0 aliphatic heterocycles. The molecule has 4 amide bonds. The van der Waals surface area contributed by atoms with Crippen molar-refractivity contribution in [3.8, 4) is 0 Å². The van der Waals surface area contributed by atoms with E-state index in [1.165, 1.54) is 13.8 Å². The average Bonchev–Trinajstić information content (AvgIpc) is 3.18. The number of fused-ring (bicyclic) bond motifs is 1. The average molecular weight is 475 g/mol. The third-order valence-electron chi connectivity index (χ3n) is 5.25. The first kappa shape index (κ1) is 26.3. The molecule has 12 nitrogen and oxygen atoms in total. The van der Waals surface area contributed by atoms with E-state index in [1.807, 2.05) is 24.3 Å². The van der Waals surface area contributed by atoms with Gasteiger partial charge in [0.2, 0.25) is 23.6 Å². The van der Waals surface area contributed by atoms with E-state index >= 15 is 0 Å². The number of para-hydroxylation sites is 1. The first-order valence-electron chi connectivity index (χ1n) is 10.7. The van der Waals surface area contributed by atoms with Gasteiger partial charge in [-0.1, -0.05) is 18.2 Å². The van der Waals surface area contributed by atoms with Crippen molar-refractivity contribution in [3.63, 3.8) is 0 Å². The second kappa shape index (κ2) is 11.8. The van der Waals surface area contributed by atoms with Gasteiger partial charge < -0.3 is 37.5 Å². The third-order valence-corrected chi connectivity index (χ3v) is 5.25. The van der Waals surface area contributed by atoms with Crippen LogP contribution in [0.5, 0.6) is 0 Å². The maximum Gasteiger partial charge on any atom is 0.325 e. The topological polar surface area (TPSA) is 209 Å². The second-order valence-electron chi connectivity index (χ2n) is 8.04. The molecular formula is C22H30N6O6. The van der Waals surface area contributed by atoms with Crippen LogP contribution in [0.1, 0.15) is 32.3 Å². The van der Waals surface area contributed by atoms with Gasteiger partial charge in [0.25, 0.3) is 0 Å². The molecule has 0 saturated heterocycles. The molecule has 0 fully saturated rings. The predicted molar refractivity (Wildman–Crippen MR) is 123 cm³/mol. The van der Waals surface area contributed by atoms with E-state index in [0.717, 1.165) is 16.5 Å². The first-order valence-corrected chi connectivity index (χ1v) is 10.7. The van der Waals surface area contributed by atoms with E-state index in [4.69, 9.17) is 16.6 Å². The lowest BCUT2D eigenvalue weighted by molar-refractivity contribution is -0.141. The Morgan fingerprint density at radius 2 is 1.62 bits per heavy atom. The number of carboxylic acid groups (broad SMARTS) is 1. The van der Waals surface area contributed by atoms with Crippen LogP contribution in [0.25, 0.3) is 10.9 Å². The fourth-order valence-corrected chi connectivity index (χ4v) is 3.24. The SMILES string of the molecule is CC(NC(=O)C(C)NC(=O)C(CCC(N)=O)NC(=O)C(N)Cc1c[nH]c2ccccc12)C(=O)O. The van der Waals surface area contributed by atoms with Crippen LogP contribution in [0.4, 0.5) is 0 Å². The Morgan fingerprint density at radius 1 is 0.971 bits per heavy atom. The third kappa shape index (κ3) is 7.30. The number of amides is 4. The Kier molecular flexibility index (Phi) is 9.13. The number of carboxylic acids is 1. The number of nitrogens with one attached hydrogen (secondary N) is 4. The van der Waals surface area contributed by atoms with Crippen LogP contribution in [0.2, 0.25) is 0 Å². The summed E-state index contributed by atoms with van der Waals surface area (Å²) in [4.78, 5) is 62.8. The predicted octanol–water partition coefficient (Wildman–Crippen LogP) is -1.12. The number of H-pyrrole nitrogens is 1. The lowest BCUT2D eigenvalue weighted by atomic mass is 10.0. The molecule has 0 bridgehead atoms. The number of hydrogen-bond donors (Lipinski definition) is 7. The molecule has 0 radical (unpaired) electrons. The summed E-state index contributed by atoms with van der Waals surface area (Å²) in [5, 5.41) is 17.0. The van der Waals surface area contributed by atoms with Crippen LogP contribution in [0, 0.1) is 0 Å². The number of nitrogens with two attached hydrogens (primary N) is 2. The van der Waals surface area contributed by atoms with Gasteiger partial charge in [-0.15, -0.1) is 0 Å². The highest BCUT2D eigenvalue weighted by molar-refractivity contribution is 5.94. The van der Waals surface area contributed by atoms with E-state index in [9.17, 15) is 24.0 Å². The summed E-state index contributed by atoms with van der Waals surface area (Å²) in [6, 6.07) is 3.11. The van der Waals surface area contributed by atoms with Crippen molar-refractivity contribution in [2.75, 3.05) is 0 Å². The largest absolute Gasteiger partial charge is 0.480 e. The number of hydrogen-bond acceptors (Lipinski definition) is 6. The molecule has 12 heteroatoms. The minimum atomic E-state index is -1.23. The summed E-state index contributed by atoms with van der Waals surface area (Å²) < 4.78 is 0. The summed E-state index contributed by atoms with van der Waals surface area (Å²) in [5.74, 6) is -3.98. The first-order chi connectivity index (χ1) is 16.0. The zero-order valence-corrected chi connectivity index (χ0v) is 19.0. The van der Waals surface area contributed by atoms with Gasteiger partial charge in [-0.05, 0) is 38.3 Å². The molecule has 1 heterocycles. The van der Waals surface area contributed by atoms with Gasteiger partial charge in [0.15, 0.2) is 0 Å². The smallest absolute Gasteiger partial charge is 0.325 e. The zero-order valence-electron chi connectivity index (χ0n) is 19.0. The summed E-state index contributed by atoms with van der Waals surface area (Å²) in [5.41, 5.74) is 13.0. The maximum absolute atomic E-state index is 12.7. The number of aliphatic carboxylic acids is 1. The van der Waals surface area contributed by atoms with Gasteiger partial charge in [-0.3, -0.25) is 24.0 Å². The number of carbonyl (C=O) groups excluding carboxylic acids is 4. The van der Waals surface area contributed by atoms with Crippen molar-refractivity contribution in [3.05, 3.63) is 36.0 Å². The van der Waals surface area contributed by atoms with Gasteiger partial charge in [0.1, 0.15) is 18.1 Å². The number of carbonyl (C=O) groups is 5. The Hall–Kier alpha value is -3.93. The second-order valence-corrected chi connectivity index (χ2v) is 8.04. The lowest BCUT2D eigenvalue weighted by Gasteiger charge is -2.23. The Bertz CT molecular complexity index is 1070. The monoisotopic (exact) mass is 474 g/mol. The van der Waals surface area contributed by atoms with Crippen molar-refractivity contribution in [1.29, 1.82) is 0 Å². The van der Waals surface area contributed by atoms with Crippen molar-refractivity contribution >= 4 is 40.5 Å². The highest BCUT2D eigenvalue weighted by Crippen LogP contribution is 2.18. The molecule has 34 heavy (non-hydrogen) atoms. The van der Waals surface area contributed by atoms with Crippen molar-refractivity contribution in [2.45, 2.75) is 57.3 Å². The van der Waals surface area contributed by atoms with E-state index in [2.05, 4.69) is 20.9 Å². The molecule has 4 atom stereocenters. The van der Waals surface area contributed by atoms with Crippen LogP contribution in [-0.4, -0.2) is 63.9 Å². The number of aromatic amines is 1. The molecule has 9 N–H and O–H groups in total. The van der Waals surface area contributed by atoms with Crippen LogP contribution < -0.4 is 27.4 Å². The fourth-order valence-electron chi connectivity index (χ4n) is 3.24. The molecule has 184 valence electrons. The fraction of sp³-hybridized carbons (Fsp3) is 0.409. The Labute approximate surface area is 195 Å². The highest BCUT2D eigenvalue weighted by Gasteiger charge is 2.28. The van der Waals surface area contributed by atoms with Crippen LogP contribution in [0.15, 0.2) is 30.5 Å². The van der Waals surface area contributed by atoms with Crippen molar-refractivity contribution in [2.24, 2.45) is 11.5 Å². The molecule has 0 saturated carbocycles. The van der Waals surface area contributed by atoms with Crippen LogP contribution in [0.3, 0.4) is 0 Å². The van der Waals surface area contributed by atoms with E-state index in [0.29, 0.717) is 0 Å². The van der Waals surface area contributed by atoms with E-state index in [-0.39, 0.29) is 19.3 Å². The number of rotatable bonds is 12. The number of primary amides is 1. The van der Waals surface area contributed by atoms with E-state index in [1.54, 1.807) is 6.20 Å². The minimum absolute atomic E-state index is 0.105. The summed E-state index contributed by atoms with van der Waals surface area (Å²) in [7, 11) is 0. The van der Waals surface area contributed by atoms with Gasteiger partial charge in [-0.2, -0.15) is 0 Å². The summed E-state index contributed by atoms with van der Waals surface area (Å²) in [6.07, 6.45) is 1.67. The molecular weight excluding hydrogens is 444 g/mol. The minimum Gasteiger partial charge on any atom is -0.480 e. The molecule has 0 spiro atoms. The molecule has 2 aromatic rings. The number of benzene rings is 1. The molecule has 2 rings (SSSR count). The molecule has 0 aliphatic carbocycles. The highest BCUT2D eigenvalue weighted by atomic mass is 16.4. The Balaban J connectivity index is 2.03. The normalized spacial score (nSPS) is 14.4. The molecule has 1 aromatic carbocycles. The van der Waals surface area contributed by atoms with E-state index < -0.39 is 53.8 Å². The van der Waals surface area contributed by atoms with Crippen molar-refractivity contribution < 1.29 is 29.1 Å². The van der Waals surface area contributed by atoms with Gasteiger partial charge in [0.05, 0.1) is 6.04 Å². The van der Waals surface area contributed by atoms with Gasteiger partial charge >= 0.3 is 5.97 Å². The quantitative estimate of drug-likeness (QED) is 0.201. The summed E-state index contributed by atoms with van der Waals surface area (Å²) in [6.45, 7) is 2.64. The molecule has 1 aromatic heterocycles. The van der Waals surface area contributed by atoms with Crippen molar-refractivity contribution in [1.82, 2.24) is 20.9 Å². The standard InChI is InChI=1S/C22H30N6O6/c1-11(19(30)27-12(2)22(33)34)26-21(32)17(7-8-18(24)29)28-20(31)15(23)9-13-10-25-16-6-4-3-5-14(13)16/h3-6,10-12,15,17,25H,7-9,23H2,1-2H3,(H2,24,29)(H,26,32)(H,27,30)(H,28,31)(H,33,34). The molecule has 4 unspecified atom stereocenters. The zero-order chi connectivity index (χ0) is 25.4. The van der Waals surface area contributed by atoms with Crippen LogP contribution >= 0.6 is 0 Å². The molecule has 0 aliphatic rings. The Morgan fingerprint density at radius 3 is 2.26 bits per heavy atom. The maximum atomic E-state index is 12.7. The lowest BCUT2D eigenvalue weighted by Crippen LogP contribution is -2.56. The summed E-state index contributed by atoms with van der Waals surface area (Å²) >= 11 is 0. The number of aromatic nitrogens is 1.